The lowest BCUT2D eigenvalue weighted by Gasteiger charge is -2.26. The van der Waals surface area contributed by atoms with E-state index in [-0.39, 0.29) is 0 Å². The third kappa shape index (κ3) is 6.33. The first-order chi connectivity index (χ1) is 7.01. The normalized spacial score (nSPS) is 12.4. The number of aliphatic imine (C=N–C) groups is 1. The van der Waals surface area contributed by atoms with E-state index in [0.717, 1.165) is 25.6 Å². The van der Waals surface area contributed by atoms with Crippen LogP contribution in [-0.2, 0) is 0 Å². The summed E-state index contributed by atoms with van der Waals surface area (Å²) in [6.45, 7) is 13.5. The van der Waals surface area contributed by atoms with E-state index in [1.165, 1.54) is 0 Å². The second-order valence-electron chi connectivity index (χ2n) is 4.63. The molecule has 4 heteroatoms. The highest BCUT2D eigenvalue weighted by molar-refractivity contribution is 5.79. The Morgan fingerprint density at radius 1 is 1.27 bits per heavy atom. The van der Waals surface area contributed by atoms with Crippen LogP contribution in [0, 0.1) is 11.8 Å². The Labute approximate surface area is 93.9 Å². The first-order valence-electron chi connectivity index (χ1n) is 5.77. The quantitative estimate of drug-likeness (QED) is 0.315. The predicted octanol–water partition coefficient (Wildman–Crippen LogP) is 1.44. The summed E-state index contributed by atoms with van der Waals surface area (Å²) in [6.07, 6.45) is 0. The first-order valence-corrected chi connectivity index (χ1v) is 5.77. The molecule has 15 heavy (non-hydrogen) atoms. The van der Waals surface area contributed by atoms with Gasteiger partial charge in [-0.1, -0.05) is 27.7 Å². The molecule has 0 aromatic heterocycles. The SMILES string of the molecule is CCN(CC(C)C)C(=NCC(C)C)NN. The van der Waals surface area contributed by atoms with Crippen LogP contribution in [-0.4, -0.2) is 30.5 Å². The summed E-state index contributed by atoms with van der Waals surface area (Å²) in [5, 5.41) is 0. The maximum Gasteiger partial charge on any atom is 0.208 e. The number of nitrogens with zero attached hydrogens (tertiary/aromatic N) is 2. The van der Waals surface area contributed by atoms with Gasteiger partial charge in [0.25, 0.3) is 0 Å². The van der Waals surface area contributed by atoms with Crippen molar-refractivity contribution < 1.29 is 0 Å². The minimum Gasteiger partial charge on any atom is -0.342 e. The summed E-state index contributed by atoms with van der Waals surface area (Å²) in [7, 11) is 0. The van der Waals surface area contributed by atoms with Gasteiger partial charge in [0.15, 0.2) is 0 Å². The van der Waals surface area contributed by atoms with E-state index in [4.69, 9.17) is 5.84 Å². The van der Waals surface area contributed by atoms with Crippen molar-refractivity contribution in [1.82, 2.24) is 10.3 Å². The predicted molar refractivity (Wildman–Crippen MR) is 66.5 cm³/mol. The van der Waals surface area contributed by atoms with Gasteiger partial charge in [-0.25, -0.2) is 5.84 Å². The second-order valence-corrected chi connectivity index (χ2v) is 4.63. The Bertz CT molecular complexity index is 187. The van der Waals surface area contributed by atoms with Crippen molar-refractivity contribution in [2.24, 2.45) is 22.7 Å². The van der Waals surface area contributed by atoms with Crippen LogP contribution in [0.5, 0.6) is 0 Å². The molecule has 0 spiro atoms. The van der Waals surface area contributed by atoms with Crippen molar-refractivity contribution in [3.05, 3.63) is 0 Å². The van der Waals surface area contributed by atoms with Crippen molar-refractivity contribution >= 4 is 5.96 Å². The van der Waals surface area contributed by atoms with Crippen molar-refractivity contribution in [3.8, 4) is 0 Å². The van der Waals surface area contributed by atoms with Gasteiger partial charge in [-0.15, -0.1) is 0 Å². The summed E-state index contributed by atoms with van der Waals surface area (Å²) >= 11 is 0. The van der Waals surface area contributed by atoms with Gasteiger partial charge < -0.3 is 4.90 Å². The van der Waals surface area contributed by atoms with Gasteiger partial charge in [0.2, 0.25) is 5.96 Å². The van der Waals surface area contributed by atoms with Gasteiger partial charge >= 0.3 is 0 Å². The highest BCUT2D eigenvalue weighted by atomic mass is 15.4. The van der Waals surface area contributed by atoms with Gasteiger partial charge in [-0.3, -0.25) is 10.4 Å². The zero-order chi connectivity index (χ0) is 11.8. The summed E-state index contributed by atoms with van der Waals surface area (Å²) < 4.78 is 0. The van der Waals surface area contributed by atoms with Crippen LogP contribution in [0.3, 0.4) is 0 Å². The topological polar surface area (TPSA) is 53.6 Å². The summed E-state index contributed by atoms with van der Waals surface area (Å²) in [5.74, 6) is 7.47. The lowest BCUT2D eigenvalue weighted by molar-refractivity contribution is 0.367. The molecule has 0 heterocycles. The number of rotatable bonds is 5. The summed E-state index contributed by atoms with van der Waals surface area (Å²) in [5.41, 5.74) is 2.69. The fourth-order valence-electron chi connectivity index (χ4n) is 1.31. The maximum absolute atomic E-state index is 5.49. The zero-order valence-electron chi connectivity index (χ0n) is 10.7. The number of guanidine groups is 1. The van der Waals surface area contributed by atoms with Crippen molar-refractivity contribution in [2.45, 2.75) is 34.6 Å². The second kappa shape index (κ2) is 7.51. The number of nitrogens with one attached hydrogen (secondary N) is 1. The van der Waals surface area contributed by atoms with Crippen LogP contribution in [0.15, 0.2) is 4.99 Å². The molecule has 4 nitrogen and oxygen atoms in total. The molecule has 0 aliphatic rings. The Morgan fingerprint density at radius 3 is 2.20 bits per heavy atom. The van der Waals surface area contributed by atoms with Gasteiger partial charge in [0.05, 0.1) is 0 Å². The molecule has 0 saturated carbocycles. The van der Waals surface area contributed by atoms with E-state index < -0.39 is 0 Å². The minimum atomic E-state index is 0.561. The Balaban J connectivity index is 4.38. The first kappa shape index (κ1) is 14.2. The number of hydrogen-bond donors (Lipinski definition) is 2. The van der Waals surface area contributed by atoms with E-state index >= 15 is 0 Å². The molecule has 0 aliphatic carbocycles. The molecule has 0 atom stereocenters. The molecule has 0 saturated heterocycles. The van der Waals surface area contributed by atoms with Crippen LogP contribution >= 0.6 is 0 Å². The summed E-state index contributed by atoms with van der Waals surface area (Å²) in [4.78, 5) is 6.65. The van der Waals surface area contributed by atoms with Crippen LogP contribution < -0.4 is 11.3 Å². The van der Waals surface area contributed by atoms with E-state index in [9.17, 15) is 0 Å². The highest BCUT2D eigenvalue weighted by Gasteiger charge is 2.09. The van der Waals surface area contributed by atoms with Gasteiger partial charge in [0, 0.05) is 19.6 Å². The fourth-order valence-corrected chi connectivity index (χ4v) is 1.31. The van der Waals surface area contributed by atoms with Gasteiger partial charge in [0.1, 0.15) is 0 Å². The Kier molecular flexibility index (Phi) is 7.13. The molecule has 0 aliphatic heterocycles. The third-order valence-corrected chi connectivity index (χ3v) is 2.00. The zero-order valence-corrected chi connectivity index (χ0v) is 10.7. The largest absolute Gasteiger partial charge is 0.342 e. The molecule has 0 aromatic rings. The van der Waals surface area contributed by atoms with Crippen LogP contribution in [0.1, 0.15) is 34.6 Å². The average Bonchev–Trinajstić information content (AvgIpc) is 2.15. The summed E-state index contributed by atoms with van der Waals surface area (Å²) in [6, 6.07) is 0. The van der Waals surface area contributed by atoms with Gasteiger partial charge in [-0.05, 0) is 18.8 Å². The monoisotopic (exact) mass is 214 g/mol. The highest BCUT2D eigenvalue weighted by Crippen LogP contribution is 2.00. The Hall–Kier alpha value is -0.770. The molecule has 90 valence electrons. The molecule has 0 bridgehead atoms. The maximum atomic E-state index is 5.49. The van der Waals surface area contributed by atoms with E-state index in [1.54, 1.807) is 0 Å². The molecule has 0 unspecified atom stereocenters. The van der Waals surface area contributed by atoms with E-state index in [2.05, 4.69) is 49.9 Å². The van der Waals surface area contributed by atoms with Crippen molar-refractivity contribution in [3.63, 3.8) is 0 Å². The molecule has 0 rings (SSSR count). The van der Waals surface area contributed by atoms with Crippen molar-refractivity contribution in [2.75, 3.05) is 19.6 Å². The van der Waals surface area contributed by atoms with E-state index in [0.29, 0.717) is 11.8 Å². The van der Waals surface area contributed by atoms with Crippen LogP contribution in [0.4, 0.5) is 0 Å². The van der Waals surface area contributed by atoms with Crippen LogP contribution in [0.25, 0.3) is 0 Å². The number of nitrogens with two attached hydrogens (primary N) is 1. The lowest BCUT2D eigenvalue weighted by Crippen LogP contribution is -2.46. The number of hydrazine groups is 1. The fraction of sp³-hybridized carbons (Fsp3) is 0.909. The molecule has 0 amide bonds. The molecule has 0 aromatic carbocycles. The minimum absolute atomic E-state index is 0.561. The standard InChI is InChI=1S/C11H26N4/c1-6-15(8-10(4)5)11(14-12)13-7-9(2)3/h9-10H,6-8,12H2,1-5H3,(H,13,14). The molecular weight excluding hydrogens is 188 g/mol. The molecule has 0 fully saturated rings. The van der Waals surface area contributed by atoms with Gasteiger partial charge in [-0.2, -0.15) is 0 Å². The van der Waals surface area contributed by atoms with Crippen molar-refractivity contribution in [1.29, 1.82) is 0 Å². The Morgan fingerprint density at radius 2 is 1.87 bits per heavy atom. The smallest absolute Gasteiger partial charge is 0.208 e. The van der Waals surface area contributed by atoms with E-state index in [1.807, 2.05) is 0 Å². The molecule has 0 radical (unpaired) electrons. The third-order valence-electron chi connectivity index (χ3n) is 2.00. The lowest BCUT2D eigenvalue weighted by atomic mass is 10.2. The number of hydrogen-bond acceptors (Lipinski definition) is 2. The van der Waals surface area contributed by atoms with Crippen LogP contribution in [0.2, 0.25) is 0 Å². The molecule has 3 N–H and O–H groups in total. The molecular formula is C11H26N4. The average molecular weight is 214 g/mol.